The lowest BCUT2D eigenvalue weighted by molar-refractivity contribution is -0.112. The zero-order valence-corrected chi connectivity index (χ0v) is 19.7. The zero-order chi connectivity index (χ0) is 23.5. The van der Waals surface area contributed by atoms with E-state index in [1.165, 1.54) is 17.8 Å². The van der Waals surface area contributed by atoms with Gasteiger partial charge in [0.05, 0.1) is 7.11 Å². The van der Waals surface area contributed by atoms with Gasteiger partial charge in [0.15, 0.2) is 0 Å². The van der Waals surface area contributed by atoms with E-state index in [9.17, 15) is 10.1 Å². The van der Waals surface area contributed by atoms with E-state index in [-0.39, 0.29) is 5.57 Å². The van der Waals surface area contributed by atoms with Crippen molar-refractivity contribution in [1.29, 1.82) is 5.26 Å². The van der Waals surface area contributed by atoms with Crippen molar-refractivity contribution in [1.82, 2.24) is 9.36 Å². The number of carbonyl (C=O) groups is 1. The number of hydrogen-bond acceptors (Lipinski definition) is 9. The zero-order valence-electron chi connectivity index (χ0n) is 18.1. The van der Waals surface area contributed by atoms with E-state index < -0.39 is 5.91 Å². The van der Waals surface area contributed by atoms with E-state index in [2.05, 4.69) is 14.7 Å². The molecule has 0 radical (unpaired) electrons. The van der Waals surface area contributed by atoms with E-state index in [0.717, 1.165) is 28.8 Å². The Morgan fingerprint density at radius 3 is 2.27 bits per heavy atom. The fourth-order valence-corrected chi connectivity index (χ4v) is 3.84. The van der Waals surface area contributed by atoms with Crippen LogP contribution in [0.3, 0.4) is 0 Å². The summed E-state index contributed by atoms with van der Waals surface area (Å²) in [6.07, 6.45) is 1.51. The lowest BCUT2D eigenvalue weighted by atomic mass is 10.1. The summed E-state index contributed by atoms with van der Waals surface area (Å²) in [6.45, 7) is 2.75. The van der Waals surface area contributed by atoms with Gasteiger partial charge in [0, 0.05) is 11.5 Å². The first-order valence-electron chi connectivity index (χ1n) is 10.0. The minimum atomic E-state index is -0.530. The Kier molecular flexibility index (Phi) is 9.11. The van der Waals surface area contributed by atoms with Crippen LogP contribution in [-0.4, -0.2) is 41.3 Å². The highest BCUT2D eigenvalue weighted by Gasteiger charge is 2.13. The molecule has 0 aliphatic rings. The summed E-state index contributed by atoms with van der Waals surface area (Å²) >= 11 is 2.56. The predicted octanol–water partition coefficient (Wildman–Crippen LogP) is 4.66. The number of aromatic nitrogens is 2. The molecule has 10 heteroatoms. The van der Waals surface area contributed by atoms with Crippen molar-refractivity contribution in [3.05, 3.63) is 59.7 Å². The van der Waals surface area contributed by atoms with Gasteiger partial charge in [0.1, 0.15) is 42.1 Å². The molecule has 0 aliphatic heterocycles. The van der Waals surface area contributed by atoms with Gasteiger partial charge < -0.3 is 14.2 Å². The molecule has 0 unspecified atom stereocenters. The summed E-state index contributed by atoms with van der Waals surface area (Å²) in [5.41, 5.74) is 0.666. The maximum Gasteiger partial charge on any atom is 0.268 e. The van der Waals surface area contributed by atoms with Gasteiger partial charge in [-0.15, -0.1) is 0 Å². The molecule has 2 aromatic carbocycles. The van der Waals surface area contributed by atoms with E-state index >= 15 is 0 Å². The number of amides is 1. The van der Waals surface area contributed by atoms with Gasteiger partial charge in [-0.1, -0.05) is 30.8 Å². The van der Waals surface area contributed by atoms with Gasteiger partial charge in [0.25, 0.3) is 5.91 Å². The van der Waals surface area contributed by atoms with Crippen molar-refractivity contribution >= 4 is 40.4 Å². The SMILES string of the molecule is CCSc1nsc(NC(=O)/C(C#N)=C\c2ccc(OCCOc3ccc(OC)cc3)cc2)n1. The number of carbonyl (C=O) groups excluding carboxylic acids is 1. The average Bonchev–Trinajstić information content (AvgIpc) is 3.28. The summed E-state index contributed by atoms with van der Waals surface area (Å²) in [7, 11) is 1.61. The number of ether oxygens (including phenoxy) is 3. The number of benzene rings is 2. The Labute approximate surface area is 200 Å². The third kappa shape index (κ3) is 7.52. The lowest BCUT2D eigenvalue weighted by Gasteiger charge is -2.09. The number of rotatable bonds is 11. The fraction of sp³-hybridized carbons (Fsp3) is 0.217. The van der Waals surface area contributed by atoms with E-state index in [1.807, 2.05) is 37.3 Å². The fourth-order valence-electron chi connectivity index (χ4n) is 2.58. The van der Waals surface area contributed by atoms with Crippen molar-refractivity contribution in [2.45, 2.75) is 12.1 Å². The Hall–Kier alpha value is -3.55. The summed E-state index contributed by atoms with van der Waals surface area (Å²) in [5.74, 6) is 2.46. The first-order valence-corrected chi connectivity index (χ1v) is 11.8. The molecule has 0 atom stereocenters. The van der Waals surface area contributed by atoms with E-state index in [0.29, 0.717) is 34.8 Å². The van der Waals surface area contributed by atoms with Gasteiger partial charge in [-0.3, -0.25) is 10.1 Å². The molecule has 3 aromatic rings. The summed E-state index contributed by atoms with van der Waals surface area (Å²) in [4.78, 5) is 16.6. The number of nitrogens with zero attached hydrogens (tertiary/aromatic N) is 3. The van der Waals surface area contributed by atoms with Crippen LogP contribution in [0.25, 0.3) is 6.08 Å². The summed E-state index contributed by atoms with van der Waals surface area (Å²) < 4.78 is 20.6. The van der Waals surface area contributed by atoms with Crippen LogP contribution in [0.4, 0.5) is 5.13 Å². The van der Waals surface area contributed by atoms with Crippen LogP contribution in [-0.2, 0) is 4.79 Å². The molecule has 0 saturated heterocycles. The van der Waals surface area contributed by atoms with Crippen LogP contribution in [0.2, 0.25) is 0 Å². The maximum atomic E-state index is 12.4. The summed E-state index contributed by atoms with van der Waals surface area (Å²) in [5, 5.41) is 13.0. The quantitative estimate of drug-likeness (QED) is 0.182. The number of methoxy groups -OCH3 is 1. The highest BCUT2D eigenvalue weighted by Crippen LogP contribution is 2.21. The maximum absolute atomic E-state index is 12.4. The van der Waals surface area contributed by atoms with Crippen molar-refractivity contribution in [3.63, 3.8) is 0 Å². The molecule has 0 bridgehead atoms. The second kappa shape index (κ2) is 12.5. The topological polar surface area (TPSA) is 106 Å². The third-order valence-electron chi connectivity index (χ3n) is 4.14. The molecule has 1 N–H and O–H groups in total. The highest BCUT2D eigenvalue weighted by molar-refractivity contribution is 7.99. The molecule has 0 aliphatic carbocycles. The van der Waals surface area contributed by atoms with E-state index in [1.54, 1.807) is 31.4 Å². The third-order valence-corrected chi connectivity index (χ3v) is 5.61. The van der Waals surface area contributed by atoms with E-state index in [4.69, 9.17) is 14.2 Å². The number of thioether (sulfide) groups is 1. The molecule has 170 valence electrons. The molecule has 0 saturated carbocycles. The first kappa shape index (κ1) is 24.1. The van der Waals surface area contributed by atoms with Crippen LogP contribution >= 0.6 is 23.3 Å². The van der Waals surface area contributed by atoms with Gasteiger partial charge in [-0.2, -0.15) is 14.6 Å². The monoisotopic (exact) mass is 482 g/mol. The van der Waals surface area contributed by atoms with Crippen LogP contribution in [0.15, 0.2) is 59.3 Å². The second-order valence-electron chi connectivity index (χ2n) is 6.38. The van der Waals surface area contributed by atoms with Gasteiger partial charge in [0.2, 0.25) is 10.3 Å². The van der Waals surface area contributed by atoms with Crippen LogP contribution < -0.4 is 19.5 Å². The van der Waals surface area contributed by atoms with Crippen molar-refractivity contribution in [3.8, 4) is 23.3 Å². The first-order chi connectivity index (χ1) is 16.1. The molecule has 33 heavy (non-hydrogen) atoms. The van der Waals surface area contributed by atoms with Crippen molar-refractivity contribution in [2.75, 3.05) is 31.4 Å². The van der Waals surface area contributed by atoms with Gasteiger partial charge >= 0.3 is 0 Å². The van der Waals surface area contributed by atoms with Crippen molar-refractivity contribution in [2.24, 2.45) is 0 Å². The normalized spacial score (nSPS) is 10.9. The Bertz CT molecular complexity index is 1120. The van der Waals surface area contributed by atoms with Crippen LogP contribution in [0.1, 0.15) is 12.5 Å². The Balaban J connectivity index is 1.49. The lowest BCUT2D eigenvalue weighted by Crippen LogP contribution is -2.13. The molecular weight excluding hydrogens is 460 g/mol. The van der Waals surface area contributed by atoms with Crippen LogP contribution in [0, 0.1) is 11.3 Å². The van der Waals surface area contributed by atoms with Crippen LogP contribution in [0.5, 0.6) is 17.2 Å². The standard InChI is InChI=1S/C23H22N4O4S2/c1-3-32-23-26-22(33-27-23)25-21(28)17(15-24)14-16-4-6-19(7-5-16)30-12-13-31-20-10-8-18(29-2)9-11-20/h4-11,14H,3,12-13H2,1-2H3,(H,25,26,27,28)/b17-14-. The number of nitrogens with one attached hydrogen (secondary N) is 1. The Morgan fingerprint density at radius 1 is 1.09 bits per heavy atom. The average molecular weight is 483 g/mol. The molecule has 8 nitrogen and oxygen atoms in total. The molecular formula is C23H22N4O4S2. The second-order valence-corrected chi connectivity index (χ2v) is 8.36. The molecule has 0 spiro atoms. The summed E-state index contributed by atoms with van der Waals surface area (Å²) in [6, 6.07) is 16.3. The number of anilines is 1. The number of hydrogen-bond donors (Lipinski definition) is 1. The van der Waals surface area contributed by atoms with Crippen molar-refractivity contribution < 1.29 is 19.0 Å². The van der Waals surface area contributed by atoms with Gasteiger partial charge in [-0.05, 0) is 53.8 Å². The number of nitriles is 1. The molecule has 0 fully saturated rings. The highest BCUT2D eigenvalue weighted by atomic mass is 32.2. The minimum absolute atomic E-state index is 0.0311. The smallest absolute Gasteiger partial charge is 0.268 e. The Morgan fingerprint density at radius 2 is 1.70 bits per heavy atom. The van der Waals surface area contributed by atoms with Gasteiger partial charge in [-0.25, -0.2) is 0 Å². The minimum Gasteiger partial charge on any atom is -0.497 e. The predicted molar refractivity (Wildman–Crippen MR) is 129 cm³/mol. The largest absolute Gasteiger partial charge is 0.497 e. The molecule has 1 heterocycles. The molecule has 1 aromatic heterocycles. The molecule has 1 amide bonds. The molecule has 3 rings (SSSR count).